The molecule has 3 rings (SSSR count). The number of carbonyl (C=O) groups excluding carboxylic acids is 1. The number of carbonyl (C=O) groups is 1. The topological polar surface area (TPSA) is 69.2 Å². The monoisotopic (exact) mass is 492 g/mol. The number of nitrogens with one attached hydrogen (secondary N) is 1. The van der Waals surface area contributed by atoms with Crippen molar-refractivity contribution in [1.82, 2.24) is 5.43 Å². The van der Waals surface area contributed by atoms with Crippen LogP contribution in [0.3, 0.4) is 0 Å². The second-order valence-electron chi connectivity index (χ2n) is 6.39. The van der Waals surface area contributed by atoms with Crippen LogP contribution in [-0.2, 0) is 0 Å². The quantitative estimate of drug-likeness (QED) is 0.230. The van der Waals surface area contributed by atoms with E-state index in [1.807, 2.05) is 18.2 Å². The SMILES string of the molecule is COc1cccc(OCCOc2c(Cl)cc(Cl)cc2/C=N/NC(=O)c2cccc(Cl)c2)c1. The van der Waals surface area contributed by atoms with E-state index in [-0.39, 0.29) is 13.2 Å². The number of halogens is 3. The van der Waals surface area contributed by atoms with Crippen molar-refractivity contribution in [2.24, 2.45) is 5.10 Å². The van der Waals surface area contributed by atoms with Gasteiger partial charge in [-0.2, -0.15) is 5.10 Å². The van der Waals surface area contributed by atoms with Gasteiger partial charge < -0.3 is 14.2 Å². The maximum Gasteiger partial charge on any atom is 0.271 e. The molecule has 32 heavy (non-hydrogen) atoms. The minimum Gasteiger partial charge on any atom is -0.497 e. The minimum atomic E-state index is -0.411. The molecule has 3 aromatic rings. The Bertz CT molecular complexity index is 1120. The van der Waals surface area contributed by atoms with Crippen LogP contribution in [0.1, 0.15) is 15.9 Å². The van der Waals surface area contributed by atoms with Gasteiger partial charge in [0.25, 0.3) is 5.91 Å². The highest BCUT2D eigenvalue weighted by Crippen LogP contribution is 2.31. The molecule has 0 heterocycles. The predicted octanol–water partition coefficient (Wildman–Crippen LogP) is 5.88. The molecule has 1 amide bonds. The number of amides is 1. The lowest BCUT2D eigenvalue weighted by atomic mass is 10.2. The van der Waals surface area contributed by atoms with Gasteiger partial charge in [-0.25, -0.2) is 5.43 Å². The molecular formula is C23H19Cl3N2O4. The summed E-state index contributed by atoms with van der Waals surface area (Å²) in [4.78, 5) is 12.2. The van der Waals surface area contributed by atoms with Crippen LogP contribution in [0, 0.1) is 0 Å². The Morgan fingerprint density at radius 2 is 1.69 bits per heavy atom. The molecule has 0 saturated carbocycles. The standard InChI is InChI=1S/C23H19Cl3N2O4/c1-30-19-6-3-7-20(13-19)31-8-9-32-22-16(11-18(25)12-21(22)26)14-27-28-23(29)15-4-2-5-17(24)10-15/h2-7,10-14H,8-9H2,1H3,(H,28,29)/b27-14+. The Labute approximate surface area is 200 Å². The van der Waals surface area contributed by atoms with Gasteiger partial charge in [0.05, 0.1) is 18.3 Å². The molecule has 0 bridgehead atoms. The van der Waals surface area contributed by atoms with Crippen molar-refractivity contribution in [3.63, 3.8) is 0 Å². The third-order valence-corrected chi connectivity index (χ3v) is 4.87. The van der Waals surface area contributed by atoms with E-state index in [1.165, 1.54) is 6.21 Å². The van der Waals surface area contributed by atoms with Crippen LogP contribution in [0.5, 0.6) is 17.2 Å². The second-order valence-corrected chi connectivity index (χ2v) is 7.67. The molecule has 0 atom stereocenters. The Morgan fingerprint density at radius 1 is 0.938 bits per heavy atom. The van der Waals surface area contributed by atoms with Crippen molar-refractivity contribution in [3.05, 3.63) is 86.9 Å². The van der Waals surface area contributed by atoms with Gasteiger partial charge in [-0.05, 0) is 42.5 Å². The highest BCUT2D eigenvalue weighted by atomic mass is 35.5. The van der Waals surface area contributed by atoms with E-state index in [2.05, 4.69) is 10.5 Å². The Hall–Kier alpha value is -2.93. The summed E-state index contributed by atoms with van der Waals surface area (Å²) < 4.78 is 16.6. The molecule has 0 spiro atoms. The first kappa shape index (κ1) is 23.7. The summed E-state index contributed by atoms with van der Waals surface area (Å²) >= 11 is 18.3. The molecule has 0 aliphatic carbocycles. The smallest absolute Gasteiger partial charge is 0.271 e. The van der Waals surface area contributed by atoms with Gasteiger partial charge in [0, 0.05) is 27.2 Å². The molecule has 1 N–H and O–H groups in total. The lowest BCUT2D eigenvalue weighted by molar-refractivity contribution is 0.0955. The molecule has 0 aromatic heterocycles. The third-order valence-electron chi connectivity index (χ3n) is 4.13. The molecular weight excluding hydrogens is 475 g/mol. The summed E-state index contributed by atoms with van der Waals surface area (Å²) in [5, 5.41) is 5.14. The van der Waals surface area contributed by atoms with Gasteiger partial charge in [-0.1, -0.05) is 46.9 Å². The largest absolute Gasteiger partial charge is 0.497 e. The Kier molecular flexibility index (Phi) is 8.62. The summed E-state index contributed by atoms with van der Waals surface area (Å²) in [6.45, 7) is 0.489. The molecule has 3 aromatic carbocycles. The fraction of sp³-hybridized carbons (Fsp3) is 0.130. The van der Waals surface area contributed by atoms with Crippen molar-refractivity contribution >= 4 is 46.9 Å². The van der Waals surface area contributed by atoms with Crippen molar-refractivity contribution in [2.45, 2.75) is 0 Å². The summed E-state index contributed by atoms with van der Waals surface area (Å²) in [6.07, 6.45) is 1.40. The van der Waals surface area contributed by atoms with Crippen LogP contribution < -0.4 is 19.6 Å². The summed E-state index contributed by atoms with van der Waals surface area (Å²) in [7, 11) is 1.59. The molecule has 0 unspecified atom stereocenters. The van der Waals surface area contributed by atoms with Crippen LogP contribution in [0.25, 0.3) is 0 Å². The van der Waals surface area contributed by atoms with E-state index in [9.17, 15) is 4.79 Å². The molecule has 0 fully saturated rings. The first-order valence-corrected chi connectivity index (χ1v) is 10.6. The second kappa shape index (κ2) is 11.6. The van der Waals surface area contributed by atoms with Crippen LogP contribution in [0.4, 0.5) is 0 Å². The number of hydrogen-bond acceptors (Lipinski definition) is 5. The highest BCUT2D eigenvalue weighted by Gasteiger charge is 2.11. The van der Waals surface area contributed by atoms with Gasteiger partial charge in [0.15, 0.2) is 0 Å². The predicted molar refractivity (Wildman–Crippen MR) is 127 cm³/mol. The van der Waals surface area contributed by atoms with E-state index in [4.69, 9.17) is 49.0 Å². The number of rotatable bonds is 9. The molecule has 9 heteroatoms. The number of methoxy groups -OCH3 is 1. The van der Waals surface area contributed by atoms with E-state index in [0.717, 1.165) is 0 Å². The van der Waals surface area contributed by atoms with Crippen molar-refractivity contribution in [1.29, 1.82) is 0 Å². The van der Waals surface area contributed by atoms with E-state index >= 15 is 0 Å². The van der Waals surface area contributed by atoms with E-state index in [1.54, 1.807) is 49.6 Å². The third kappa shape index (κ3) is 6.79. The van der Waals surface area contributed by atoms with Gasteiger partial charge in [-0.15, -0.1) is 0 Å². The molecule has 6 nitrogen and oxygen atoms in total. The fourth-order valence-corrected chi connectivity index (χ4v) is 3.43. The fourth-order valence-electron chi connectivity index (χ4n) is 2.68. The normalized spacial score (nSPS) is 10.8. The average molecular weight is 494 g/mol. The zero-order valence-corrected chi connectivity index (χ0v) is 19.2. The highest BCUT2D eigenvalue weighted by molar-refractivity contribution is 6.36. The number of hydrogen-bond donors (Lipinski definition) is 1. The summed E-state index contributed by atoms with van der Waals surface area (Å²) in [5.41, 5.74) is 3.31. The maximum absolute atomic E-state index is 12.2. The Morgan fingerprint density at radius 3 is 2.47 bits per heavy atom. The molecule has 0 radical (unpaired) electrons. The van der Waals surface area contributed by atoms with Gasteiger partial charge in [0.1, 0.15) is 30.5 Å². The number of nitrogens with zero attached hydrogens (tertiary/aromatic N) is 1. The zero-order valence-electron chi connectivity index (χ0n) is 17.0. The first-order valence-electron chi connectivity index (χ1n) is 9.44. The molecule has 166 valence electrons. The Balaban J connectivity index is 1.62. The lowest BCUT2D eigenvalue weighted by Crippen LogP contribution is -2.17. The zero-order chi connectivity index (χ0) is 22.9. The molecule has 0 saturated heterocycles. The summed E-state index contributed by atoms with van der Waals surface area (Å²) in [5.74, 6) is 1.31. The number of benzene rings is 3. The number of ether oxygens (including phenoxy) is 3. The van der Waals surface area contributed by atoms with E-state index < -0.39 is 5.91 Å². The van der Waals surface area contributed by atoms with Crippen LogP contribution >= 0.6 is 34.8 Å². The van der Waals surface area contributed by atoms with Gasteiger partial charge >= 0.3 is 0 Å². The minimum absolute atomic E-state index is 0.217. The van der Waals surface area contributed by atoms with Crippen molar-refractivity contribution in [3.8, 4) is 17.2 Å². The van der Waals surface area contributed by atoms with Crippen molar-refractivity contribution in [2.75, 3.05) is 20.3 Å². The van der Waals surface area contributed by atoms with Gasteiger partial charge in [-0.3, -0.25) is 4.79 Å². The molecule has 0 aliphatic heterocycles. The lowest BCUT2D eigenvalue weighted by Gasteiger charge is -2.13. The van der Waals surface area contributed by atoms with E-state index in [0.29, 0.717) is 43.4 Å². The maximum atomic E-state index is 12.2. The summed E-state index contributed by atoms with van der Waals surface area (Å²) in [6, 6.07) is 17.0. The van der Waals surface area contributed by atoms with Gasteiger partial charge in [0.2, 0.25) is 0 Å². The van der Waals surface area contributed by atoms with Crippen LogP contribution in [0.15, 0.2) is 65.8 Å². The number of hydrazone groups is 1. The van der Waals surface area contributed by atoms with Crippen LogP contribution in [0.2, 0.25) is 15.1 Å². The first-order chi connectivity index (χ1) is 15.5. The average Bonchev–Trinajstić information content (AvgIpc) is 2.78. The van der Waals surface area contributed by atoms with Crippen LogP contribution in [-0.4, -0.2) is 32.4 Å². The molecule has 0 aliphatic rings. The van der Waals surface area contributed by atoms with Crippen molar-refractivity contribution < 1.29 is 19.0 Å².